The summed E-state index contributed by atoms with van der Waals surface area (Å²) in [5.74, 6) is -2.79. The van der Waals surface area contributed by atoms with E-state index in [1.807, 2.05) is 11.0 Å². The van der Waals surface area contributed by atoms with Gasteiger partial charge in [0.2, 0.25) is 10.0 Å². The van der Waals surface area contributed by atoms with Crippen LogP contribution in [0, 0.1) is 17.5 Å². The monoisotopic (exact) mass is 430 g/mol. The Morgan fingerprint density at radius 1 is 0.897 bits per heavy atom. The Labute approximate surface area is 167 Å². The zero-order valence-corrected chi connectivity index (χ0v) is 16.8. The molecular formula is C19H21F3N2O4S. The van der Waals surface area contributed by atoms with E-state index in [1.165, 1.54) is 0 Å². The number of sulfonamides is 1. The summed E-state index contributed by atoms with van der Waals surface area (Å²) >= 11 is 0. The van der Waals surface area contributed by atoms with E-state index < -0.39 is 32.4 Å². The van der Waals surface area contributed by atoms with Gasteiger partial charge in [-0.3, -0.25) is 4.90 Å². The average molecular weight is 430 g/mol. The van der Waals surface area contributed by atoms with Crippen LogP contribution >= 0.6 is 0 Å². The van der Waals surface area contributed by atoms with Gasteiger partial charge in [0.1, 0.15) is 22.2 Å². The molecule has 0 N–H and O–H groups in total. The van der Waals surface area contributed by atoms with Crippen LogP contribution in [0.15, 0.2) is 35.2 Å². The normalized spacial score (nSPS) is 16.0. The maximum Gasteiger partial charge on any atom is 0.246 e. The van der Waals surface area contributed by atoms with Gasteiger partial charge in [0.25, 0.3) is 0 Å². The molecule has 2 aromatic carbocycles. The van der Waals surface area contributed by atoms with Crippen LogP contribution in [0.25, 0.3) is 0 Å². The molecule has 1 saturated heterocycles. The fourth-order valence-corrected chi connectivity index (χ4v) is 4.70. The lowest BCUT2D eigenvalue weighted by Gasteiger charge is -2.34. The summed E-state index contributed by atoms with van der Waals surface area (Å²) in [7, 11) is -1.15. The minimum Gasteiger partial charge on any atom is -0.497 e. The van der Waals surface area contributed by atoms with E-state index in [4.69, 9.17) is 9.47 Å². The number of methoxy groups -OCH3 is 2. The summed E-state index contributed by atoms with van der Waals surface area (Å²) in [5, 5.41) is 0. The van der Waals surface area contributed by atoms with Crippen LogP contribution in [-0.2, 0) is 16.6 Å². The van der Waals surface area contributed by atoms with E-state index in [2.05, 4.69) is 0 Å². The smallest absolute Gasteiger partial charge is 0.246 e. The highest BCUT2D eigenvalue weighted by atomic mass is 32.2. The standard InChI is InChI=1S/C19H21F3N2O4S/c1-27-14-3-4-18(28-2)13(9-14)12-23-5-7-24(8-6-23)29(25,26)19-11-16(21)15(20)10-17(19)22/h3-4,9-11H,5-8,12H2,1-2H3. The molecule has 0 bridgehead atoms. The Balaban J connectivity index is 1.72. The molecule has 0 saturated carbocycles. The molecule has 1 fully saturated rings. The summed E-state index contributed by atoms with van der Waals surface area (Å²) in [6.45, 7) is 1.45. The highest BCUT2D eigenvalue weighted by Gasteiger charge is 2.32. The molecule has 0 unspecified atom stereocenters. The van der Waals surface area contributed by atoms with E-state index in [-0.39, 0.29) is 19.2 Å². The van der Waals surface area contributed by atoms with Crippen molar-refractivity contribution in [2.45, 2.75) is 11.4 Å². The quantitative estimate of drug-likeness (QED) is 0.660. The van der Waals surface area contributed by atoms with Gasteiger partial charge in [-0.15, -0.1) is 0 Å². The van der Waals surface area contributed by atoms with Gasteiger partial charge in [0.15, 0.2) is 11.6 Å². The van der Waals surface area contributed by atoms with Gasteiger partial charge >= 0.3 is 0 Å². The molecule has 29 heavy (non-hydrogen) atoms. The van der Waals surface area contributed by atoms with Gasteiger partial charge in [-0.1, -0.05) is 0 Å². The van der Waals surface area contributed by atoms with Gasteiger partial charge in [0, 0.05) is 44.4 Å². The summed E-state index contributed by atoms with van der Waals surface area (Å²) in [4.78, 5) is 1.16. The zero-order valence-electron chi connectivity index (χ0n) is 16.0. The lowest BCUT2D eigenvalue weighted by molar-refractivity contribution is 0.179. The van der Waals surface area contributed by atoms with Crippen LogP contribution in [0.1, 0.15) is 5.56 Å². The zero-order chi connectivity index (χ0) is 21.2. The molecule has 3 rings (SSSR count). The van der Waals surface area contributed by atoms with Crippen molar-refractivity contribution in [2.75, 3.05) is 40.4 Å². The lowest BCUT2D eigenvalue weighted by Crippen LogP contribution is -2.48. The molecule has 0 radical (unpaired) electrons. The Morgan fingerprint density at radius 3 is 2.17 bits per heavy atom. The highest BCUT2D eigenvalue weighted by Crippen LogP contribution is 2.27. The molecule has 1 aliphatic rings. The second kappa shape index (κ2) is 8.60. The SMILES string of the molecule is COc1ccc(OC)c(CN2CCN(S(=O)(=O)c3cc(F)c(F)cc3F)CC2)c1. The number of hydrogen-bond donors (Lipinski definition) is 0. The molecule has 2 aromatic rings. The molecule has 0 spiro atoms. The topological polar surface area (TPSA) is 59.1 Å². The Bertz CT molecular complexity index is 993. The minimum absolute atomic E-state index is 0.0903. The highest BCUT2D eigenvalue weighted by molar-refractivity contribution is 7.89. The minimum atomic E-state index is -4.27. The van der Waals surface area contributed by atoms with Crippen molar-refractivity contribution in [3.8, 4) is 11.5 Å². The Hall–Kier alpha value is -2.30. The molecule has 0 atom stereocenters. The first kappa shape index (κ1) is 21.4. The molecular weight excluding hydrogens is 409 g/mol. The average Bonchev–Trinajstić information content (AvgIpc) is 2.71. The lowest BCUT2D eigenvalue weighted by atomic mass is 10.1. The van der Waals surface area contributed by atoms with Crippen LogP contribution in [0.2, 0.25) is 0 Å². The number of rotatable bonds is 6. The van der Waals surface area contributed by atoms with Crippen LogP contribution in [0.3, 0.4) is 0 Å². The Kier molecular flexibility index (Phi) is 6.35. The van der Waals surface area contributed by atoms with Crippen LogP contribution in [0.5, 0.6) is 11.5 Å². The Morgan fingerprint density at radius 2 is 1.55 bits per heavy atom. The number of piperazine rings is 1. The molecule has 0 amide bonds. The van der Waals surface area contributed by atoms with E-state index in [9.17, 15) is 21.6 Å². The maximum atomic E-state index is 14.0. The number of halogens is 3. The largest absolute Gasteiger partial charge is 0.497 e. The molecule has 0 aromatic heterocycles. The van der Waals surface area contributed by atoms with Crippen LogP contribution in [0.4, 0.5) is 13.2 Å². The van der Waals surface area contributed by atoms with E-state index in [0.717, 1.165) is 9.87 Å². The number of benzene rings is 2. The maximum absolute atomic E-state index is 14.0. The number of hydrogen-bond acceptors (Lipinski definition) is 5. The van der Waals surface area contributed by atoms with Crippen LogP contribution in [-0.4, -0.2) is 58.0 Å². The molecule has 0 aliphatic carbocycles. The molecule has 158 valence electrons. The first-order valence-corrected chi connectivity index (χ1v) is 10.3. The van der Waals surface area contributed by atoms with Crippen molar-refractivity contribution in [3.63, 3.8) is 0 Å². The fourth-order valence-electron chi connectivity index (χ4n) is 3.22. The number of ether oxygens (including phenoxy) is 2. The summed E-state index contributed by atoms with van der Waals surface area (Å²) in [6, 6.07) is 6.05. The van der Waals surface area contributed by atoms with E-state index in [1.54, 1.807) is 26.4 Å². The van der Waals surface area contributed by atoms with Crippen molar-refractivity contribution < 1.29 is 31.1 Å². The molecule has 1 aliphatic heterocycles. The molecule has 6 nitrogen and oxygen atoms in total. The third kappa shape index (κ3) is 4.49. The third-order valence-electron chi connectivity index (χ3n) is 4.81. The molecule has 10 heteroatoms. The van der Waals surface area contributed by atoms with Crippen molar-refractivity contribution >= 4 is 10.0 Å². The van der Waals surface area contributed by atoms with Gasteiger partial charge < -0.3 is 9.47 Å². The van der Waals surface area contributed by atoms with Gasteiger partial charge in [-0.25, -0.2) is 21.6 Å². The summed E-state index contributed by atoms with van der Waals surface area (Å²) in [6.07, 6.45) is 0. The van der Waals surface area contributed by atoms with Crippen molar-refractivity contribution in [3.05, 3.63) is 53.3 Å². The third-order valence-corrected chi connectivity index (χ3v) is 6.72. The summed E-state index contributed by atoms with van der Waals surface area (Å²) in [5.41, 5.74) is 0.884. The fraction of sp³-hybridized carbons (Fsp3) is 0.368. The first-order valence-electron chi connectivity index (χ1n) is 8.84. The van der Waals surface area contributed by atoms with E-state index in [0.29, 0.717) is 37.2 Å². The second-order valence-electron chi connectivity index (χ2n) is 6.55. The van der Waals surface area contributed by atoms with E-state index >= 15 is 0 Å². The van der Waals surface area contributed by atoms with Gasteiger partial charge in [-0.2, -0.15) is 4.31 Å². The first-order chi connectivity index (χ1) is 13.8. The van der Waals surface area contributed by atoms with Crippen LogP contribution < -0.4 is 9.47 Å². The predicted octanol–water partition coefficient (Wildman–Crippen LogP) is 2.63. The van der Waals surface area contributed by atoms with Crippen molar-refractivity contribution in [1.29, 1.82) is 0 Å². The van der Waals surface area contributed by atoms with Crippen molar-refractivity contribution in [2.24, 2.45) is 0 Å². The second-order valence-corrected chi connectivity index (χ2v) is 8.46. The number of nitrogens with zero attached hydrogens (tertiary/aromatic N) is 2. The van der Waals surface area contributed by atoms with Gasteiger partial charge in [0.05, 0.1) is 14.2 Å². The van der Waals surface area contributed by atoms with Gasteiger partial charge in [-0.05, 0) is 24.3 Å². The van der Waals surface area contributed by atoms with Crippen molar-refractivity contribution in [1.82, 2.24) is 9.21 Å². The predicted molar refractivity (Wildman–Crippen MR) is 99.9 cm³/mol. The molecule has 1 heterocycles. The summed E-state index contributed by atoms with van der Waals surface area (Å²) < 4.78 is 77.5.